The first-order valence-electron chi connectivity index (χ1n) is 7.61. The zero-order chi connectivity index (χ0) is 18.6. The molecule has 0 spiro atoms. The minimum atomic E-state index is -4.30. The van der Waals surface area contributed by atoms with Crippen molar-refractivity contribution >= 4 is 23.1 Å². The summed E-state index contributed by atoms with van der Waals surface area (Å²) < 4.78 is 38.0. The topological polar surface area (TPSA) is 0 Å². The van der Waals surface area contributed by atoms with E-state index in [1.54, 1.807) is 12.1 Å². The molecule has 3 rings (SSSR count). The fourth-order valence-electron chi connectivity index (χ4n) is 2.68. The molecule has 2 aromatic rings. The van der Waals surface area contributed by atoms with Crippen LogP contribution in [0.25, 0.3) is 17.2 Å². The second kappa shape index (κ2) is 8.88. The maximum absolute atomic E-state index is 12.7. The summed E-state index contributed by atoms with van der Waals surface area (Å²) in [7, 11) is 9.87. The van der Waals surface area contributed by atoms with Gasteiger partial charge in [0.1, 0.15) is 0 Å². The molecule has 0 aliphatic heterocycles. The maximum atomic E-state index is 12.7. The van der Waals surface area contributed by atoms with Crippen LogP contribution in [0.15, 0.2) is 48.0 Å². The van der Waals surface area contributed by atoms with Gasteiger partial charge in [-0.1, -0.05) is 55.8 Å². The number of halogens is 5. The summed E-state index contributed by atoms with van der Waals surface area (Å²) in [6.07, 6.45) is -0.0176. The van der Waals surface area contributed by atoms with Gasteiger partial charge in [0.15, 0.2) is 0 Å². The van der Waals surface area contributed by atoms with Crippen LogP contribution in [0, 0.1) is 12.3 Å². The molecular weight excluding hydrogens is 447 g/mol. The Morgan fingerprint density at radius 1 is 0.960 bits per heavy atom. The third-order valence-corrected chi connectivity index (χ3v) is 3.96. The predicted molar refractivity (Wildman–Crippen MR) is 94.8 cm³/mol. The molecular formula is C19H16Cl2F3Zr. The molecule has 0 aromatic heterocycles. The van der Waals surface area contributed by atoms with E-state index >= 15 is 0 Å². The number of benzene rings is 2. The summed E-state index contributed by atoms with van der Waals surface area (Å²) >= 11 is -0.826. The fourth-order valence-corrected chi connectivity index (χ4v) is 2.68. The molecule has 0 N–H and O–H groups in total. The van der Waals surface area contributed by atoms with Crippen molar-refractivity contribution in [2.45, 2.75) is 20.0 Å². The number of alkyl halides is 3. The third kappa shape index (κ3) is 5.22. The predicted octanol–water partition coefficient (Wildman–Crippen LogP) is 7.35. The van der Waals surface area contributed by atoms with Crippen molar-refractivity contribution in [3.05, 3.63) is 71.1 Å². The summed E-state index contributed by atoms with van der Waals surface area (Å²) in [4.78, 5) is 0. The standard InChI is InChI=1S/C19H16F3.2ClH.Zr/c1-12(2)15-10-14-4-3-5-17(18(14)11-15)13-6-8-16(9-7-13)19(20,21)22;;;/h3-12H,1-2H3;2*1H;/q;;;+2/p-2. The molecule has 0 amide bonds. The van der Waals surface area contributed by atoms with E-state index in [0.29, 0.717) is 5.92 Å². The minimum absolute atomic E-state index is 0.424. The summed E-state index contributed by atoms with van der Waals surface area (Å²) in [5.74, 6) is 0.424. The molecule has 1 radical (unpaired) electrons. The zero-order valence-corrected chi connectivity index (χ0v) is 17.6. The Morgan fingerprint density at radius 2 is 1.56 bits per heavy atom. The van der Waals surface area contributed by atoms with Gasteiger partial charge in [0.25, 0.3) is 0 Å². The molecule has 1 aliphatic rings. The van der Waals surface area contributed by atoms with Gasteiger partial charge in [-0.25, -0.2) is 0 Å². The summed E-state index contributed by atoms with van der Waals surface area (Å²) in [5, 5.41) is 0. The molecule has 0 saturated heterocycles. The van der Waals surface area contributed by atoms with E-state index in [0.717, 1.165) is 34.4 Å². The van der Waals surface area contributed by atoms with Crippen LogP contribution in [0.3, 0.4) is 0 Å². The summed E-state index contributed by atoms with van der Waals surface area (Å²) in [6, 6.07) is 11.3. The summed E-state index contributed by atoms with van der Waals surface area (Å²) in [6.45, 7) is 4.26. The van der Waals surface area contributed by atoms with Crippen molar-refractivity contribution in [3.63, 3.8) is 0 Å². The number of fused-ring (bicyclic) bond motifs is 1. The van der Waals surface area contributed by atoms with Crippen LogP contribution in [0.1, 0.15) is 30.5 Å². The molecule has 0 bridgehead atoms. The molecule has 0 heterocycles. The second-order valence-electron chi connectivity index (χ2n) is 5.90. The van der Waals surface area contributed by atoms with E-state index in [-0.39, 0.29) is 0 Å². The summed E-state index contributed by atoms with van der Waals surface area (Å²) in [5.41, 5.74) is 4.62. The first kappa shape index (κ1) is 20.7. The number of hydrogen-bond donors (Lipinski definition) is 0. The van der Waals surface area contributed by atoms with Crippen LogP contribution in [0.2, 0.25) is 0 Å². The van der Waals surface area contributed by atoms with E-state index in [4.69, 9.17) is 17.0 Å². The Morgan fingerprint density at radius 3 is 2.08 bits per heavy atom. The molecule has 0 saturated carbocycles. The van der Waals surface area contributed by atoms with Crippen LogP contribution < -0.4 is 0 Å². The van der Waals surface area contributed by atoms with Crippen molar-refractivity contribution in [1.29, 1.82) is 0 Å². The number of rotatable bonds is 2. The first-order chi connectivity index (χ1) is 11.8. The van der Waals surface area contributed by atoms with Gasteiger partial charge in [-0.05, 0) is 40.3 Å². The second-order valence-corrected chi connectivity index (χ2v) is 9.63. The molecule has 0 unspecified atom stereocenters. The normalized spacial score (nSPS) is 13.0. The van der Waals surface area contributed by atoms with Crippen LogP contribution in [-0.4, -0.2) is 0 Å². The number of allylic oxidation sites excluding steroid dienone is 1. The van der Waals surface area contributed by atoms with Gasteiger partial charge in [-0.15, -0.1) is 0 Å². The Balaban J connectivity index is 0.000000701. The first-order valence-corrected chi connectivity index (χ1v) is 13.9. The van der Waals surface area contributed by atoms with Crippen molar-refractivity contribution < 1.29 is 34.0 Å². The van der Waals surface area contributed by atoms with Gasteiger partial charge in [0.2, 0.25) is 0 Å². The van der Waals surface area contributed by atoms with E-state index in [1.807, 2.05) is 18.2 Å². The molecule has 0 nitrogen and oxygen atoms in total. The van der Waals surface area contributed by atoms with Crippen molar-refractivity contribution in [2.24, 2.45) is 5.92 Å². The van der Waals surface area contributed by atoms with Crippen molar-refractivity contribution in [1.82, 2.24) is 0 Å². The van der Waals surface area contributed by atoms with Crippen molar-refractivity contribution in [2.75, 3.05) is 0 Å². The van der Waals surface area contributed by atoms with E-state index < -0.39 is 32.6 Å². The van der Waals surface area contributed by atoms with Crippen LogP contribution >= 0.6 is 17.0 Å². The Labute approximate surface area is 164 Å². The molecule has 25 heavy (non-hydrogen) atoms. The van der Waals surface area contributed by atoms with Crippen LogP contribution in [-0.2, 0) is 27.0 Å². The van der Waals surface area contributed by atoms with Crippen LogP contribution in [0.5, 0.6) is 0 Å². The molecule has 0 fully saturated rings. The molecule has 1 aliphatic carbocycles. The van der Waals surface area contributed by atoms with Crippen LogP contribution in [0.4, 0.5) is 13.2 Å². The fraction of sp³-hybridized carbons (Fsp3) is 0.211. The SMILES string of the molecule is CC(C)C1=Cc2c(cccc2-c2ccc(C(F)(F)F)cc2)[CH]1.[Cl][Zr][Cl]. The van der Waals surface area contributed by atoms with Gasteiger partial charge in [-0.2, -0.15) is 13.2 Å². The van der Waals surface area contributed by atoms with E-state index in [1.165, 1.54) is 5.57 Å². The van der Waals surface area contributed by atoms with E-state index in [2.05, 4.69) is 26.3 Å². The molecule has 6 heteroatoms. The van der Waals surface area contributed by atoms with Gasteiger partial charge < -0.3 is 0 Å². The van der Waals surface area contributed by atoms with Gasteiger partial charge in [-0.3, -0.25) is 0 Å². The van der Waals surface area contributed by atoms with Gasteiger partial charge in [0, 0.05) is 6.42 Å². The molecule has 2 aromatic carbocycles. The van der Waals surface area contributed by atoms with E-state index in [9.17, 15) is 13.2 Å². The average molecular weight is 463 g/mol. The average Bonchev–Trinajstić information content (AvgIpc) is 2.99. The Hall–Kier alpha value is -0.567. The monoisotopic (exact) mass is 461 g/mol. The van der Waals surface area contributed by atoms with Crippen molar-refractivity contribution in [3.8, 4) is 11.1 Å². The number of hydrogen-bond acceptors (Lipinski definition) is 0. The quantitative estimate of drug-likeness (QED) is 0.437. The Kier molecular flexibility index (Phi) is 7.37. The Bertz CT molecular complexity index is 750. The third-order valence-electron chi connectivity index (χ3n) is 3.96. The van der Waals surface area contributed by atoms with Gasteiger partial charge in [0.05, 0.1) is 5.56 Å². The molecule has 0 atom stereocenters. The zero-order valence-electron chi connectivity index (χ0n) is 13.7. The van der Waals surface area contributed by atoms with Gasteiger partial charge >= 0.3 is 44.1 Å². The molecule has 131 valence electrons.